The van der Waals surface area contributed by atoms with Gasteiger partial charge < -0.3 is 14.2 Å². The number of benzene rings is 1. The molecule has 2 fully saturated rings. The molecule has 2 bridgehead atoms. The van der Waals surface area contributed by atoms with E-state index in [0.29, 0.717) is 24.0 Å². The summed E-state index contributed by atoms with van der Waals surface area (Å²) in [6.07, 6.45) is 6.12. The second-order valence-corrected chi connectivity index (χ2v) is 7.11. The standard InChI is InChI=1S/C20H24O4/c1-22-11-24-20-15(14-5-3-4-6-17(14)23-2)10-16(21)18-12-7-8-13(9-12)19(18)20/h3-8,12-13,15,18-20H,9-11H2,1-2H3/t12-,13+,15-,18+,19+,20-/m0/s1. The molecule has 0 aromatic heterocycles. The van der Waals surface area contributed by atoms with E-state index in [1.165, 1.54) is 0 Å². The number of rotatable bonds is 5. The normalized spacial score (nSPS) is 36.8. The van der Waals surface area contributed by atoms with Crippen molar-refractivity contribution in [3.63, 3.8) is 0 Å². The van der Waals surface area contributed by atoms with Crippen molar-refractivity contribution in [2.45, 2.75) is 24.9 Å². The van der Waals surface area contributed by atoms with Crippen LogP contribution in [0.15, 0.2) is 36.4 Å². The van der Waals surface area contributed by atoms with Gasteiger partial charge in [0.15, 0.2) is 0 Å². The lowest BCUT2D eigenvalue weighted by Gasteiger charge is -2.43. The molecule has 0 unspecified atom stereocenters. The average molecular weight is 328 g/mol. The Balaban J connectivity index is 1.72. The van der Waals surface area contributed by atoms with Crippen molar-refractivity contribution in [2.24, 2.45) is 23.7 Å². The molecule has 4 nitrogen and oxygen atoms in total. The molecule has 3 aliphatic rings. The van der Waals surface area contributed by atoms with E-state index in [2.05, 4.69) is 18.2 Å². The van der Waals surface area contributed by atoms with Crippen LogP contribution in [0.4, 0.5) is 0 Å². The predicted molar refractivity (Wildman–Crippen MR) is 89.8 cm³/mol. The Kier molecular flexibility index (Phi) is 4.19. The maximum absolute atomic E-state index is 12.9. The van der Waals surface area contributed by atoms with E-state index in [4.69, 9.17) is 14.2 Å². The van der Waals surface area contributed by atoms with E-state index in [-0.39, 0.29) is 30.7 Å². The number of ketones is 1. The Hall–Kier alpha value is -1.65. The SMILES string of the molecule is COCO[C@@H]1[C@H]2[C@@H](C(=O)C[C@H]1c1ccccc1OC)[C@H]1C=C[C@@H]2C1. The van der Waals surface area contributed by atoms with Crippen molar-refractivity contribution in [3.8, 4) is 5.75 Å². The van der Waals surface area contributed by atoms with Crippen LogP contribution in [0.5, 0.6) is 5.75 Å². The minimum absolute atomic E-state index is 0.0103. The number of para-hydroxylation sites is 1. The number of carbonyl (C=O) groups is 1. The highest BCUT2D eigenvalue weighted by atomic mass is 16.7. The van der Waals surface area contributed by atoms with Gasteiger partial charge in [0.2, 0.25) is 0 Å². The number of hydrogen-bond donors (Lipinski definition) is 0. The maximum Gasteiger partial charge on any atom is 0.146 e. The summed E-state index contributed by atoms with van der Waals surface area (Å²) in [6, 6.07) is 7.98. The second kappa shape index (κ2) is 6.34. The molecule has 0 spiro atoms. The van der Waals surface area contributed by atoms with Gasteiger partial charge in [0.1, 0.15) is 18.3 Å². The molecular formula is C20H24O4. The highest BCUT2D eigenvalue weighted by molar-refractivity contribution is 5.85. The molecule has 4 heteroatoms. The molecule has 0 amide bonds. The highest BCUT2D eigenvalue weighted by Crippen LogP contribution is 2.56. The Morgan fingerprint density at radius 1 is 1.12 bits per heavy atom. The Morgan fingerprint density at radius 2 is 1.92 bits per heavy atom. The molecule has 0 saturated heterocycles. The van der Waals surface area contributed by atoms with Crippen LogP contribution in [0.3, 0.4) is 0 Å². The number of ether oxygens (including phenoxy) is 3. The summed E-state index contributed by atoms with van der Waals surface area (Å²) in [7, 11) is 3.32. The third-order valence-electron chi connectivity index (χ3n) is 6.01. The van der Waals surface area contributed by atoms with Gasteiger partial charge in [-0.15, -0.1) is 0 Å². The zero-order valence-corrected chi connectivity index (χ0v) is 14.2. The van der Waals surface area contributed by atoms with Gasteiger partial charge >= 0.3 is 0 Å². The van der Waals surface area contributed by atoms with E-state index < -0.39 is 0 Å². The van der Waals surface area contributed by atoms with Crippen LogP contribution < -0.4 is 4.74 Å². The van der Waals surface area contributed by atoms with E-state index in [9.17, 15) is 4.79 Å². The molecule has 1 aromatic rings. The van der Waals surface area contributed by atoms with Crippen molar-refractivity contribution in [3.05, 3.63) is 42.0 Å². The van der Waals surface area contributed by atoms with Crippen LogP contribution in [-0.2, 0) is 14.3 Å². The molecular weight excluding hydrogens is 304 g/mol. The van der Waals surface area contributed by atoms with Crippen LogP contribution in [0, 0.1) is 23.7 Å². The van der Waals surface area contributed by atoms with Crippen molar-refractivity contribution in [1.29, 1.82) is 0 Å². The van der Waals surface area contributed by atoms with Gasteiger partial charge in [0.05, 0.1) is 13.2 Å². The summed E-state index contributed by atoms with van der Waals surface area (Å²) in [5.41, 5.74) is 1.07. The van der Waals surface area contributed by atoms with E-state index >= 15 is 0 Å². The quantitative estimate of drug-likeness (QED) is 0.615. The zero-order valence-electron chi connectivity index (χ0n) is 14.2. The molecule has 6 atom stereocenters. The van der Waals surface area contributed by atoms with Gasteiger partial charge in [-0.1, -0.05) is 30.4 Å². The minimum Gasteiger partial charge on any atom is -0.496 e. The zero-order chi connectivity index (χ0) is 16.7. The highest BCUT2D eigenvalue weighted by Gasteiger charge is 2.56. The number of methoxy groups -OCH3 is 2. The number of allylic oxidation sites excluding steroid dienone is 2. The van der Waals surface area contributed by atoms with E-state index in [1.807, 2.05) is 18.2 Å². The molecule has 1 aromatic carbocycles. The van der Waals surface area contributed by atoms with E-state index in [1.54, 1.807) is 14.2 Å². The predicted octanol–water partition coefficient (Wildman–Crippen LogP) is 3.18. The van der Waals surface area contributed by atoms with Gasteiger partial charge in [-0.05, 0) is 24.3 Å². The number of hydrogen-bond acceptors (Lipinski definition) is 4. The number of carbonyl (C=O) groups excluding carboxylic acids is 1. The van der Waals surface area contributed by atoms with Crippen LogP contribution in [0.25, 0.3) is 0 Å². The van der Waals surface area contributed by atoms with Gasteiger partial charge in [0, 0.05) is 36.8 Å². The van der Waals surface area contributed by atoms with Crippen molar-refractivity contribution in [1.82, 2.24) is 0 Å². The van der Waals surface area contributed by atoms with Crippen LogP contribution in [0.1, 0.15) is 24.3 Å². The van der Waals surface area contributed by atoms with Crippen molar-refractivity contribution in [2.75, 3.05) is 21.0 Å². The smallest absolute Gasteiger partial charge is 0.146 e. The Labute approximate surface area is 142 Å². The first-order chi connectivity index (χ1) is 11.7. The Morgan fingerprint density at radius 3 is 2.71 bits per heavy atom. The average Bonchev–Trinajstić information content (AvgIpc) is 3.23. The molecule has 24 heavy (non-hydrogen) atoms. The molecule has 0 radical (unpaired) electrons. The van der Waals surface area contributed by atoms with Crippen molar-refractivity contribution >= 4 is 5.78 Å². The topological polar surface area (TPSA) is 44.8 Å². The van der Waals surface area contributed by atoms with Crippen LogP contribution >= 0.6 is 0 Å². The number of fused-ring (bicyclic) bond motifs is 5. The molecule has 128 valence electrons. The largest absolute Gasteiger partial charge is 0.496 e. The third-order valence-corrected chi connectivity index (χ3v) is 6.01. The lowest BCUT2D eigenvalue weighted by Crippen LogP contribution is -2.46. The van der Waals surface area contributed by atoms with Gasteiger partial charge in [-0.2, -0.15) is 0 Å². The fraction of sp³-hybridized carbons (Fsp3) is 0.550. The summed E-state index contributed by atoms with van der Waals surface area (Å²) in [6.45, 7) is 0.259. The first kappa shape index (κ1) is 15.9. The molecule has 0 N–H and O–H groups in total. The maximum atomic E-state index is 12.9. The molecule has 0 heterocycles. The van der Waals surface area contributed by atoms with Crippen molar-refractivity contribution < 1.29 is 19.0 Å². The molecule has 2 saturated carbocycles. The first-order valence-electron chi connectivity index (χ1n) is 8.69. The third kappa shape index (κ3) is 2.40. The second-order valence-electron chi connectivity index (χ2n) is 7.11. The number of Topliss-reactive ketones (excluding diaryl/α,β-unsaturated/α-hetero) is 1. The monoisotopic (exact) mass is 328 g/mol. The first-order valence-corrected chi connectivity index (χ1v) is 8.69. The van der Waals surface area contributed by atoms with Crippen LogP contribution in [0.2, 0.25) is 0 Å². The summed E-state index contributed by atoms with van der Waals surface area (Å²) in [5, 5.41) is 0. The summed E-state index contributed by atoms with van der Waals surface area (Å²) in [4.78, 5) is 12.9. The minimum atomic E-state index is -0.0103. The fourth-order valence-electron chi connectivity index (χ4n) is 5.13. The van der Waals surface area contributed by atoms with Crippen LogP contribution in [-0.4, -0.2) is 32.9 Å². The van der Waals surface area contributed by atoms with E-state index in [0.717, 1.165) is 17.7 Å². The molecule has 3 aliphatic carbocycles. The fourth-order valence-corrected chi connectivity index (χ4v) is 5.13. The summed E-state index contributed by atoms with van der Waals surface area (Å²) < 4.78 is 16.9. The lowest BCUT2D eigenvalue weighted by molar-refractivity contribution is -0.148. The van der Waals surface area contributed by atoms with Gasteiger partial charge in [-0.25, -0.2) is 0 Å². The van der Waals surface area contributed by atoms with Gasteiger partial charge in [-0.3, -0.25) is 4.79 Å². The molecule has 0 aliphatic heterocycles. The van der Waals surface area contributed by atoms with Gasteiger partial charge in [0.25, 0.3) is 0 Å². The summed E-state index contributed by atoms with van der Waals surface area (Å²) in [5.74, 6) is 2.46. The molecule has 4 rings (SSSR count). The lowest BCUT2D eigenvalue weighted by atomic mass is 9.65. The Bertz CT molecular complexity index is 653. The summed E-state index contributed by atoms with van der Waals surface area (Å²) >= 11 is 0.